The topological polar surface area (TPSA) is 47.6 Å². The summed E-state index contributed by atoms with van der Waals surface area (Å²) in [4.78, 5) is 12.3. The lowest BCUT2D eigenvalue weighted by Gasteiger charge is -2.22. The van der Waals surface area contributed by atoms with Crippen LogP contribution in [-0.2, 0) is 22.1 Å². The predicted molar refractivity (Wildman–Crippen MR) is 102 cm³/mol. The van der Waals surface area contributed by atoms with Crippen molar-refractivity contribution in [1.29, 1.82) is 0 Å². The monoisotopic (exact) mass is 405 g/mol. The Morgan fingerprint density at radius 3 is 2.52 bits per heavy atom. The molecule has 2 aliphatic heterocycles. The van der Waals surface area contributed by atoms with Crippen molar-refractivity contribution < 1.29 is 27.4 Å². The molecule has 2 aromatic rings. The van der Waals surface area contributed by atoms with E-state index in [2.05, 4.69) is 5.32 Å². The Bertz CT molecular complexity index is 891. The minimum Gasteiger partial charge on any atom is -0.487 e. The molecular formula is C22H22F3NO3. The molecule has 0 unspecified atom stereocenters. The zero-order valence-electron chi connectivity index (χ0n) is 15.8. The van der Waals surface area contributed by atoms with E-state index in [1.165, 1.54) is 12.1 Å². The Hall–Kier alpha value is -2.54. The minimum absolute atomic E-state index is 0.0181. The van der Waals surface area contributed by atoms with Crippen LogP contribution in [0.25, 0.3) is 11.1 Å². The van der Waals surface area contributed by atoms with Gasteiger partial charge in [-0.2, -0.15) is 13.2 Å². The number of hydrogen-bond donors (Lipinski definition) is 1. The second-order valence-corrected chi connectivity index (χ2v) is 7.41. The summed E-state index contributed by atoms with van der Waals surface area (Å²) in [6.45, 7) is 1.50. The van der Waals surface area contributed by atoms with E-state index >= 15 is 0 Å². The number of alkyl halides is 3. The highest BCUT2D eigenvalue weighted by molar-refractivity contribution is 5.79. The van der Waals surface area contributed by atoms with Crippen molar-refractivity contribution in [2.75, 3.05) is 19.8 Å². The highest BCUT2D eigenvalue weighted by Gasteiger charge is 2.35. The van der Waals surface area contributed by atoms with Crippen LogP contribution >= 0.6 is 0 Å². The standard InChI is InChI=1S/C22H22F3NO3/c23-22(24,25)19-7-2-1-5-17(19)18-6-3-4-15-12-16(29-20(15)18)13-26-21(27)14-8-10-28-11-9-14/h1-7,14,16H,8-13H2,(H,26,27)/t16-/m0/s1. The molecule has 1 N–H and O–H groups in total. The predicted octanol–water partition coefficient (Wildman–Crippen LogP) is 4.22. The van der Waals surface area contributed by atoms with E-state index in [4.69, 9.17) is 9.47 Å². The Morgan fingerprint density at radius 1 is 1.03 bits per heavy atom. The van der Waals surface area contributed by atoms with Crippen LogP contribution in [0.2, 0.25) is 0 Å². The normalized spacial score (nSPS) is 19.5. The molecule has 1 saturated heterocycles. The molecule has 4 rings (SSSR count). The third kappa shape index (κ3) is 4.24. The summed E-state index contributed by atoms with van der Waals surface area (Å²) < 4.78 is 51.6. The molecule has 0 aliphatic carbocycles. The van der Waals surface area contributed by atoms with Crippen LogP contribution in [0.1, 0.15) is 24.0 Å². The molecular weight excluding hydrogens is 383 g/mol. The van der Waals surface area contributed by atoms with Gasteiger partial charge in [0.2, 0.25) is 5.91 Å². The van der Waals surface area contributed by atoms with Crippen LogP contribution in [0.5, 0.6) is 5.75 Å². The average molecular weight is 405 g/mol. The number of carbonyl (C=O) groups excluding carboxylic acids is 1. The zero-order chi connectivity index (χ0) is 20.4. The van der Waals surface area contributed by atoms with Gasteiger partial charge in [-0.15, -0.1) is 0 Å². The summed E-state index contributed by atoms with van der Waals surface area (Å²) in [5, 5.41) is 2.92. The fraction of sp³-hybridized carbons (Fsp3) is 0.409. The molecule has 2 heterocycles. The highest BCUT2D eigenvalue weighted by Crippen LogP contribution is 2.43. The van der Waals surface area contributed by atoms with Crippen molar-refractivity contribution >= 4 is 5.91 Å². The van der Waals surface area contributed by atoms with Crippen molar-refractivity contribution in [2.24, 2.45) is 5.92 Å². The average Bonchev–Trinajstić information content (AvgIpc) is 3.15. The second-order valence-electron chi connectivity index (χ2n) is 7.41. The minimum atomic E-state index is -4.45. The molecule has 4 nitrogen and oxygen atoms in total. The number of rotatable bonds is 4. The van der Waals surface area contributed by atoms with Crippen LogP contribution in [-0.4, -0.2) is 31.8 Å². The number of hydrogen-bond acceptors (Lipinski definition) is 3. The number of fused-ring (bicyclic) bond motifs is 1. The van der Waals surface area contributed by atoms with Gasteiger partial charge in [0.25, 0.3) is 0 Å². The van der Waals surface area contributed by atoms with Crippen LogP contribution < -0.4 is 10.1 Å². The first-order chi connectivity index (χ1) is 13.9. The lowest BCUT2D eigenvalue weighted by Crippen LogP contribution is -2.39. The molecule has 0 bridgehead atoms. The van der Waals surface area contributed by atoms with Crippen molar-refractivity contribution in [2.45, 2.75) is 31.5 Å². The molecule has 0 spiro atoms. The maximum atomic E-state index is 13.5. The van der Waals surface area contributed by atoms with E-state index in [0.29, 0.717) is 50.3 Å². The quantitative estimate of drug-likeness (QED) is 0.829. The van der Waals surface area contributed by atoms with E-state index in [-0.39, 0.29) is 23.5 Å². The summed E-state index contributed by atoms with van der Waals surface area (Å²) in [7, 11) is 0. The van der Waals surface area contributed by atoms with Crippen LogP contribution in [0.15, 0.2) is 42.5 Å². The van der Waals surface area contributed by atoms with Gasteiger partial charge in [0.15, 0.2) is 0 Å². The molecule has 1 amide bonds. The van der Waals surface area contributed by atoms with Gasteiger partial charge >= 0.3 is 6.18 Å². The molecule has 0 radical (unpaired) electrons. The van der Waals surface area contributed by atoms with Crippen LogP contribution in [0.3, 0.4) is 0 Å². The number of para-hydroxylation sites is 1. The van der Waals surface area contributed by atoms with Gasteiger partial charge in [-0.05, 0) is 30.0 Å². The summed E-state index contributed by atoms with van der Waals surface area (Å²) in [6.07, 6.45) is -2.79. The molecule has 7 heteroatoms. The van der Waals surface area contributed by atoms with Crippen molar-refractivity contribution in [3.05, 3.63) is 53.6 Å². The van der Waals surface area contributed by atoms with Gasteiger partial charge in [-0.3, -0.25) is 4.79 Å². The van der Waals surface area contributed by atoms with Crippen molar-refractivity contribution in [1.82, 2.24) is 5.32 Å². The van der Waals surface area contributed by atoms with E-state index < -0.39 is 11.7 Å². The number of halogens is 3. The number of amides is 1. The van der Waals surface area contributed by atoms with Crippen LogP contribution in [0.4, 0.5) is 13.2 Å². The Labute approximate surface area is 167 Å². The van der Waals surface area contributed by atoms with Gasteiger partial charge in [0.05, 0.1) is 12.1 Å². The molecule has 154 valence electrons. The summed E-state index contributed by atoms with van der Waals surface area (Å²) in [6, 6.07) is 10.8. The van der Waals surface area contributed by atoms with Gasteiger partial charge in [-0.25, -0.2) is 0 Å². The van der Waals surface area contributed by atoms with E-state index in [9.17, 15) is 18.0 Å². The number of ether oxygens (including phenoxy) is 2. The number of benzene rings is 2. The Morgan fingerprint density at radius 2 is 1.76 bits per heavy atom. The van der Waals surface area contributed by atoms with Crippen LogP contribution in [0, 0.1) is 5.92 Å². The summed E-state index contributed by atoms with van der Waals surface area (Å²) >= 11 is 0. The smallest absolute Gasteiger partial charge is 0.417 e. The third-order valence-electron chi connectivity index (χ3n) is 5.45. The number of nitrogens with one attached hydrogen (secondary N) is 1. The van der Waals surface area contributed by atoms with E-state index in [1.807, 2.05) is 6.07 Å². The van der Waals surface area contributed by atoms with E-state index in [0.717, 1.165) is 11.6 Å². The lowest BCUT2D eigenvalue weighted by molar-refractivity contribution is -0.137. The Balaban J connectivity index is 1.50. The number of carbonyl (C=O) groups is 1. The molecule has 2 aliphatic rings. The first kappa shape index (κ1) is 19.8. The highest BCUT2D eigenvalue weighted by atomic mass is 19.4. The van der Waals surface area contributed by atoms with Gasteiger partial charge in [-0.1, -0.05) is 36.4 Å². The zero-order valence-corrected chi connectivity index (χ0v) is 15.8. The third-order valence-corrected chi connectivity index (χ3v) is 5.45. The van der Waals surface area contributed by atoms with Crippen molar-refractivity contribution in [3.63, 3.8) is 0 Å². The lowest BCUT2D eigenvalue weighted by atomic mass is 9.96. The molecule has 0 aromatic heterocycles. The molecule has 1 fully saturated rings. The summed E-state index contributed by atoms with van der Waals surface area (Å²) in [5.74, 6) is 0.395. The second kappa shape index (κ2) is 8.06. The SMILES string of the molecule is O=C(NC[C@@H]1Cc2cccc(-c3ccccc3C(F)(F)F)c2O1)C1CCOCC1. The largest absolute Gasteiger partial charge is 0.487 e. The van der Waals surface area contributed by atoms with Gasteiger partial charge in [0.1, 0.15) is 11.9 Å². The first-order valence-electron chi connectivity index (χ1n) is 9.74. The molecule has 1 atom stereocenters. The molecule has 29 heavy (non-hydrogen) atoms. The Kier molecular flexibility index (Phi) is 5.50. The fourth-order valence-electron chi connectivity index (χ4n) is 3.95. The fourth-order valence-corrected chi connectivity index (χ4v) is 3.95. The summed E-state index contributed by atoms with van der Waals surface area (Å²) in [5.41, 5.74) is 0.690. The van der Waals surface area contributed by atoms with E-state index in [1.54, 1.807) is 18.2 Å². The van der Waals surface area contributed by atoms with Crippen molar-refractivity contribution in [3.8, 4) is 16.9 Å². The molecule has 2 aromatic carbocycles. The molecule has 0 saturated carbocycles. The maximum absolute atomic E-state index is 13.5. The first-order valence-corrected chi connectivity index (χ1v) is 9.74. The van der Waals surface area contributed by atoms with Gasteiger partial charge in [0, 0.05) is 31.1 Å². The van der Waals surface area contributed by atoms with Gasteiger partial charge < -0.3 is 14.8 Å². The maximum Gasteiger partial charge on any atom is 0.417 e.